The van der Waals surface area contributed by atoms with E-state index in [-0.39, 0.29) is 31.1 Å². The molecule has 64 heavy (non-hydrogen) atoms. The number of unbranched alkanes of at least 4 members (excludes halogenated alkanes) is 34. The van der Waals surface area contributed by atoms with Gasteiger partial charge in [-0.25, -0.2) is 0 Å². The standard InChI is InChI=1S/C58H106O6/c1-4-7-10-13-16-19-22-25-27-29-31-33-36-39-42-45-48-51-57(60)63-54-55(53-62-56(59)50-47-44-41-38-35-24-21-18-15-12-9-6-3)64-58(61)52-49-46-43-40-37-34-32-30-28-26-23-20-17-14-11-8-5-2/h18,21,25-28,55H,4-17,19-20,22-24,29-54H2,1-3H3/b21-18-,27-25-,28-26-/t55-/m1/s1. The Bertz CT molecular complexity index is 1080. The summed E-state index contributed by atoms with van der Waals surface area (Å²) in [6.07, 6.45) is 62.7. The molecule has 0 aromatic rings. The Kier molecular flexibility index (Phi) is 51.3. The molecule has 0 aliphatic heterocycles. The van der Waals surface area contributed by atoms with Crippen LogP contribution < -0.4 is 0 Å². The van der Waals surface area contributed by atoms with Crippen LogP contribution in [-0.2, 0) is 28.6 Å². The average Bonchev–Trinajstić information content (AvgIpc) is 3.29. The van der Waals surface area contributed by atoms with E-state index >= 15 is 0 Å². The van der Waals surface area contributed by atoms with Gasteiger partial charge < -0.3 is 14.2 Å². The average molecular weight is 899 g/mol. The molecule has 6 nitrogen and oxygen atoms in total. The minimum absolute atomic E-state index is 0.0768. The smallest absolute Gasteiger partial charge is 0.306 e. The fraction of sp³-hybridized carbons (Fsp3) is 0.845. The monoisotopic (exact) mass is 899 g/mol. The quantitative estimate of drug-likeness (QED) is 0.0262. The molecule has 0 fully saturated rings. The number of allylic oxidation sites excluding steroid dienone is 6. The lowest BCUT2D eigenvalue weighted by Crippen LogP contribution is -2.30. The highest BCUT2D eigenvalue weighted by molar-refractivity contribution is 5.71. The highest BCUT2D eigenvalue weighted by Crippen LogP contribution is 2.15. The van der Waals surface area contributed by atoms with E-state index in [4.69, 9.17) is 14.2 Å². The molecular formula is C58H106O6. The minimum atomic E-state index is -0.777. The van der Waals surface area contributed by atoms with Gasteiger partial charge in [0.05, 0.1) is 0 Å². The molecule has 0 rings (SSSR count). The van der Waals surface area contributed by atoms with Crippen LogP contribution in [0.3, 0.4) is 0 Å². The third-order valence-corrected chi connectivity index (χ3v) is 12.3. The molecule has 0 radical (unpaired) electrons. The van der Waals surface area contributed by atoms with Crippen LogP contribution in [0.4, 0.5) is 0 Å². The molecule has 0 aromatic heterocycles. The second kappa shape index (κ2) is 53.2. The number of ether oxygens (including phenoxy) is 3. The fourth-order valence-electron chi connectivity index (χ4n) is 8.07. The van der Waals surface area contributed by atoms with Gasteiger partial charge in [0, 0.05) is 19.3 Å². The van der Waals surface area contributed by atoms with Gasteiger partial charge in [-0.15, -0.1) is 0 Å². The molecule has 0 unspecified atom stereocenters. The zero-order valence-electron chi connectivity index (χ0n) is 42.8. The SMILES string of the molecule is CCCCC/C=C\CCCCCCCC(=O)OC[C@H](COC(=O)CCCCCCCCC/C=C\CCCCCCCC)OC(=O)CCCCCCCCC/C=C\CCCCCCCC. The largest absolute Gasteiger partial charge is 0.462 e. The molecule has 0 aliphatic rings. The highest BCUT2D eigenvalue weighted by Gasteiger charge is 2.19. The zero-order chi connectivity index (χ0) is 46.5. The summed E-state index contributed by atoms with van der Waals surface area (Å²) in [6, 6.07) is 0. The van der Waals surface area contributed by atoms with Crippen molar-refractivity contribution in [2.45, 2.75) is 303 Å². The van der Waals surface area contributed by atoms with Crippen LogP contribution in [0.25, 0.3) is 0 Å². The van der Waals surface area contributed by atoms with Crippen molar-refractivity contribution in [1.82, 2.24) is 0 Å². The van der Waals surface area contributed by atoms with Crippen LogP contribution in [0.1, 0.15) is 297 Å². The Morgan fingerprint density at radius 2 is 0.516 bits per heavy atom. The van der Waals surface area contributed by atoms with Crippen molar-refractivity contribution in [1.29, 1.82) is 0 Å². The summed E-state index contributed by atoms with van der Waals surface area (Å²) in [5, 5.41) is 0. The van der Waals surface area contributed by atoms with Gasteiger partial charge in [-0.3, -0.25) is 14.4 Å². The maximum absolute atomic E-state index is 12.8. The topological polar surface area (TPSA) is 78.9 Å². The molecule has 6 heteroatoms. The summed E-state index contributed by atoms with van der Waals surface area (Å²) in [4.78, 5) is 38.1. The first kappa shape index (κ1) is 61.6. The number of carbonyl (C=O) groups is 3. The van der Waals surface area contributed by atoms with E-state index in [1.807, 2.05) is 0 Å². The second-order valence-electron chi connectivity index (χ2n) is 18.8. The number of hydrogen-bond acceptors (Lipinski definition) is 6. The lowest BCUT2D eigenvalue weighted by atomic mass is 10.1. The van der Waals surface area contributed by atoms with Crippen molar-refractivity contribution in [2.24, 2.45) is 0 Å². The van der Waals surface area contributed by atoms with E-state index in [0.717, 1.165) is 64.2 Å². The molecule has 0 aliphatic carbocycles. The first-order valence-electron chi connectivity index (χ1n) is 28.0. The number of hydrogen-bond donors (Lipinski definition) is 0. The second-order valence-corrected chi connectivity index (χ2v) is 18.8. The summed E-state index contributed by atoms with van der Waals surface area (Å²) in [5.41, 5.74) is 0. The van der Waals surface area contributed by atoms with Crippen LogP contribution in [-0.4, -0.2) is 37.2 Å². The Hall–Kier alpha value is -2.37. The maximum atomic E-state index is 12.8. The predicted octanol–water partition coefficient (Wildman–Crippen LogP) is 18.5. The van der Waals surface area contributed by atoms with Gasteiger partial charge >= 0.3 is 17.9 Å². The van der Waals surface area contributed by atoms with Gasteiger partial charge in [0.2, 0.25) is 0 Å². The van der Waals surface area contributed by atoms with Gasteiger partial charge in [-0.05, 0) is 96.3 Å². The highest BCUT2D eigenvalue weighted by atomic mass is 16.6. The molecule has 0 bridgehead atoms. The van der Waals surface area contributed by atoms with Gasteiger partial charge in [0.15, 0.2) is 6.10 Å². The molecule has 0 saturated heterocycles. The van der Waals surface area contributed by atoms with E-state index in [1.54, 1.807) is 0 Å². The van der Waals surface area contributed by atoms with Crippen molar-refractivity contribution in [3.05, 3.63) is 36.5 Å². The molecule has 0 saturated carbocycles. The maximum Gasteiger partial charge on any atom is 0.306 e. The van der Waals surface area contributed by atoms with E-state index in [0.29, 0.717) is 19.3 Å². The normalized spacial score (nSPS) is 12.2. The third-order valence-electron chi connectivity index (χ3n) is 12.3. The number of rotatable bonds is 51. The molecule has 0 N–H and O–H groups in total. The van der Waals surface area contributed by atoms with Crippen LogP contribution in [0.15, 0.2) is 36.5 Å². The first-order chi connectivity index (χ1) is 31.5. The lowest BCUT2D eigenvalue weighted by Gasteiger charge is -2.18. The van der Waals surface area contributed by atoms with Gasteiger partial charge in [-0.2, -0.15) is 0 Å². The summed E-state index contributed by atoms with van der Waals surface area (Å²) in [7, 11) is 0. The number of carbonyl (C=O) groups excluding carboxylic acids is 3. The summed E-state index contributed by atoms with van der Waals surface area (Å²) >= 11 is 0. The van der Waals surface area contributed by atoms with E-state index < -0.39 is 6.10 Å². The van der Waals surface area contributed by atoms with Crippen molar-refractivity contribution in [2.75, 3.05) is 13.2 Å². The van der Waals surface area contributed by atoms with E-state index in [9.17, 15) is 14.4 Å². The lowest BCUT2D eigenvalue weighted by molar-refractivity contribution is -0.167. The Balaban J connectivity index is 4.35. The predicted molar refractivity (Wildman–Crippen MR) is 275 cm³/mol. The summed E-state index contributed by atoms with van der Waals surface area (Å²) in [6.45, 7) is 6.62. The van der Waals surface area contributed by atoms with Crippen molar-refractivity contribution >= 4 is 17.9 Å². The first-order valence-corrected chi connectivity index (χ1v) is 28.0. The molecule has 0 aromatic carbocycles. The van der Waals surface area contributed by atoms with Gasteiger partial charge in [0.1, 0.15) is 13.2 Å². The fourth-order valence-corrected chi connectivity index (χ4v) is 8.07. The molecule has 0 heterocycles. The van der Waals surface area contributed by atoms with Gasteiger partial charge in [0.25, 0.3) is 0 Å². The van der Waals surface area contributed by atoms with Crippen molar-refractivity contribution in [3.63, 3.8) is 0 Å². The van der Waals surface area contributed by atoms with Crippen molar-refractivity contribution in [3.8, 4) is 0 Å². The Labute approximate surface area is 397 Å². The van der Waals surface area contributed by atoms with E-state index in [2.05, 4.69) is 57.2 Å². The molecular weight excluding hydrogens is 793 g/mol. The molecule has 0 spiro atoms. The molecule has 374 valence electrons. The molecule has 1 atom stereocenters. The Morgan fingerprint density at radius 3 is 0.812 bits per heavy atom. The minimum Gasteiger partial charge on any atom is -0.462 e. The van der Waals surface area contributed by atoms with Crippen LogP contribution in [0, 0.1) is 0 Å². The van der Waals surface area contributed by atoms with Crippen LogP contribution >= 0.6 is 0 Å². The van der Waals surface area contributed by atoms with Crippen molar-refractivity contribution < 1.29 is 28.6 Å². The van der Waals surface area contributed by atoms with Gasteiger partial charge in [-0.1, -0.05) is 218 Å². The molecule has 0 amide bonds. The summed E-state index contributed by atoms with van der Waals surface area (Å²) in [5.74, 6) is -0.882. The van der Waals surface area contributed by atoms with Crippen LogP contribution in [0.5, 0.6) is 0 Å². The number of esters is 3. The summed E-state index contributed by atoms with van der Waals surface area (Å²) < 4.78 is 16.8. The van der Waals surface area contributed by atoms with E-state index in [1.165, 1.54) is 193 Å². The third kappa shape index (κ3) is 50.6. The van der Waals surface area contributed by atoms with Crippen LogP contribution in [0.2, 0.25) is 0 Å². The Morgan fingerprint density at radius 1 is 0.297 bits per heavy atom. The zero-order valence-corrected chi connectivity index (χ0v) is 42.8.